The van der Waals surface area contributed by atoms with Crippen LogP contribution in [0.5, 0.6) is 0 Å². The molecule has 0 unspecified atom stereocenters. The van der Waals surface area contributed by atoms with Crippen molar-refractivity contribution in [3.8, 4) is 0 Å². The first-order valence-corrected chi connectivity index (χ1v) is 7.63. The van der Waals surface area contributed by atoms with Gasteiger partial charge in [0.25, 0.3) is 5.91 Å². The Labute approximate surface area is 132 Å². The van der Waals surface area contributed by atoms with Crippen molar-refractivity contribution in [1.29, 1.82) is 0 Å². The molecule has 1 aliphatic carbocycles. The number of amides is 1. The Hall–Kier alpha value is -2.69. The number of hydrogen-bond acceptors (Lipinski definition) is 2. The van der Waals surface area contributed by atoms with Crippen molar-refractivity contribution in [2.75, 3.05) is 6.54 Å². The van der Waals surface area contributed by atoms with E-state index in [-0.39, 0.29) is 17.1 Å². The van der Waals surface area contributed by atoms with Gasteiger partial charge < -0.3 is 10.3 Å². The number of nitrogens with zero attached hydrogens (tertiary/aromatic N) is 1. The Bertz CT molecular complexity index is 868. The van der Waals surface area contributed by atoms with Gasteiger partial charge in [-0.3, -0.25) is 9.78 Å². The van der Waals surface area contributed by atoms with Crippen LogP contribution in [0.2, 0.25) is 0 Å². The van der Waals surface area contributed by atoms with Crippen LogP contribution in [0.15, 0.2) is 48.9 Å². The van der Waals surface area contributed by atoms with Gasteiger partial charge in [0.2, 0.25) is 0 Å². The molecule has 2 aromatic heterocycles. The summed E-state index contributed by atoms with van der Waals surface area (Å²) in [7, 11) is 0. The van der Waals surface area contributed by atoms with Gasteiger partial charge in [-0.1, -0.05) is 0 Å². The second-order valence-electron chi connectivity index (χ2n) is 6.10. The first-order valence-electron chi connectivity index (χ1n) is 7.63. The number of benzene rings is 1. The first-order chi connectivity index (χ1) is 11.2. The molecule has 23 heavy (non-hydrogen) atoms. The van der Waals surface area contributed by atoms with Crippen molar-refractivity contribution in [1.82, 2.24) is 15.3 Å². The third kappa shape index (κ3) is 2.48. The highest BCUT2D eigenvalue weighted by atomic mass is 19.1. The van der Waals surface area contributed by atoms with Crippen molar-refractivity contribution in [2.24, 2.45) is 0 Å². The second-order valence-corrected chi connectivity index (χ2v) is 6.10. The smallest absolute Gasteiger partial charge is 0.252 e. The number of carbonyl (C=O) groups excluding carboxylic acids is 1. The third-order valence-corrected chi connectivity index (χ3v) is 4.58. The number of pyridine rings is 1. The molecule has 1 fully saturated rings. The van der Waals surface area contributed by atoms with E-state index < -0.39 is 0 Å². The lowest BCUT2D eigenvalue weighted by Gasteiger charge is -2.15. The SMILES string of the molecule is O=C(NCC1(c2c[nH]c3cc(F)ccc23)CC1)c1cccnc1. The molecule has 2 heterocycles. The van der Waals surface area contributed by atoms with Crippen LogP contribution < -0.4 is 5.32 Å². The predicted molar refractivity (Wildman–Crippen MR) is 85.7 cm³/mol. The standard InChI is InChI=1S/C18H16FN3O/c19-13-3-4-14-15(10-21-16(14)8-13)18(5-6-18)11-22-17(23)12-2-1-7-20-9-12/h1-4,7-10,21H,5-6,11H2,(H,22,23). The summed E-state index contributed by atoms with van der Waals surface area (Å²) < 4.78 is 13.3. The lowest BCUT2D eigenvalue weighted by Crippen LogP contribution is -2.32. The summed E-state index contributed by atoms with van der Waals surface area (Å²) in [5.41, 5.74) is 2.46. The van der Waals surface area contributed by atoms with Gasteiger partial charge >= 0.3 is 0 Å². The number of nitrogens with one attached hydrogen (secondary N) is 2. The Morgan fingerprint density at radius 3 is 2.96 bits per heavy atom. The first kappa shape index (κ1) is 13.9. The lowest BCUT2D eigenvalue weighted by molar-refractivity contribution is 0.0949. The van der Waals surface area contributed by atoms with Crippen molar-refractivity contribution >= 4 is 16.8 Å². The summed E-state index contributed by atoms with van der Waals surface area (Å²) in [5.74, 6) is -0.365. The van der Waals surface area contributed by atoms with Crippen LogP contribution in [0.3, 0.4) is 0 Å². The molecule has 5 heteroatoms. The number of fused-ring (bicyclic) bond motifs is 1. The molecule has 3 aromatic rings. The Kier molecular flexibility index (Phi) is 3.15. The van der Waals surface area contributed by atoms with Gasteiger partial charge in [-0.2, -0.15) is 0 Å². The van der Waals surface area contributed by atoms with E-state index in [9.17, 15) is 9.18 Å². The maximum Gasteiger partial charge on any atom is 0.252 e. The minimum absolute atomic E-state index is 0.0477. The number of H-pyrrole nitrogens is 1. The summed E-state index contributed by atoms with van der Waals surface area (Å²) in [6, 6.07) is 8.28. The van der Waals surface area contributed by atoms with Crippen LogP contribution in [-0.2, 0) is 5.41 Å². The Balaban J connectivity index is 1.55. The molecule has 4 nitrogen and oxygen atoms in total. The zero-order valence-corrected chi connectivity index (χ0v) is 12.5. The fourth-order valence-corrected chi connectivity index (χ4v) is 3.08. The van der Waals surface area contributed by atoms with Crippen LogP contribution in [0.4, 0.5) is 4.39 Å². The van der Waals surface area contributed by atoms with E-state index in [1.165, 1.54) is 12.1 Å². The van der Waals surface area contributed by atoms with Crippen molar-refractivity contribution < 1.29 is 9.18 Å². The van der Waals surface area contributed by atoms with Gasteiger partial charge in [0, 0.05) is 41.5 Å². The average molecular weight is 309 g/mol. The molecule has 0 aliphatic heterocycles. The van der Waals surface area contributed by atoms with E-state index in [4.69, 9.17) is 0 Å². The number of aromatic nitrogens is 2. The highest BCUT2D eigenvalue weighted by molar-refractivity contribution is 5.94. The fraction of sp³-hybridized carbons (Fsp3) is 0.222. The molecule has 116 valence electrons. The van der Waals surface area contributed by atoms with Crippen LogP contribution in [-0.4, -0.2) is 22.4 Å². The molecule has 2 N–H and O–H groups in total. The molecule has 1 saturated carbocycles. The minimum atomic E-state index is -0.249. The van der Waals surface area contributed by atoms with E-state index >= 15 is 0 Å². The summed E-state index contributed by atoms with van der Waals surface area (Å²) in [6.45, 7) is 0.574. The van der Waals surface area contributed by atoms with Crippen LogP contribution in [0.25, 0.3) is 10.9 Å². The molecule has 4 rings (SSSR count). The van der Waals surface area contributed by atoms with E-state index in [0.29, 0.717) is 12.1 Å². The highest BCUT2D eigenvalue weighted by Crippen LogP contribution is 2.50. The number of aromatic amines is 1. The molecule has 0 atom stereocenters. The van der Waals surface area contributed by atoms with E-state index in [1.54, 1.807) is 30.6 Å². The normalized spacial score (nSPS) is 15.5. The molecule has 1 aliphatic rings. The van der Waals surface area contributed by atoms with Gasteiger partial charge in [-0.15, -0.1) is 0 Å². The van der Waals surface area contributed by atoms with Gasteiger partial charge in [0.1, 0.15) is 5.82 Å². The van der Waals surface area contributed by atoms with Crippen molar-refractivity contribution in [2.45, 2.75) is 18.3 Å². The van der Waals surface area contributed by atoms with E-state index in [0.717, 1.165) is 29.3 Å². The molecular weight excluding hydrogens is 293 g/mol. The molecule has 0 spiro atoms. The van der Waals surface area contributed by atoms with Crippen LogP contribution in [0, 0.1) is 5.82 Å². The van der Waals surface area contributed by atoms with Crippen LogP contribution in [0.1, 0.15) is 28.8 Å². The Morgan fingerprint density at radius 2 is 2.22 bits per heavy atom. The maximum atomic E-state index is 13.3. The van der Waals surface area contributed by atoms with E-state index in [2.05, 4.69) is 15.3 Å². The van der Waals surface area contributed by atoms with Gasteiger partial charge in [-0.25, -0.2) is 4.39 Å². The quantitative estimate of drug-likeness (QED) is 0.778. The number of halogens is 1. The number of hydrogen-bond donors (Lipinski definition) is 2. The minimum Gasteiger partial charge on any atom is -0.361 e. The van der Waals surface area contributed by atoms with E-state index in [1.807, 2.05) is 6.20 Å². The number of carbonyl (C=O) groups is 1. The van der Waals surface area contributed by atoms with Gasteiger partial charge in [-0.05, 0) is 48.7 Å². The second kappa shape index (κ2) is 5.19. The highest BCUT2D eigenvalue weighted by Gasteiger charge is 2.45. The maximum absolute atomic E-state index is 13.3. The average Bonchev–Trinajstić information content (AvgIpc) is 3.25. The molecule has 0 saturated heterocycles. The van der Waals surface area contributed by atoms with Crippen LogP contribution >= 0.6 is 0 Å². The Morgan fingerprint density at radius 1 is 1.35 bits per heavy atom. The molecule has 1 aromatic carbocycles. The van der Waals surface area contributed by atoms with Crippen molar-refractivity contribution in [3.05, 3.63) is 65.9 Å². The summed E-state index contributed by atoms with van der Waals surface area (Å²) >= 11 is 0. The summed E-state index contributed by atoms with van der Waals surface area (Å²) in [5, 5.41) is 4.03. The molecule has 1 amide bonds. The van der Waals surface area contributed by atoms with Gasteiger partial charge in [0.15, 0.2) is 0 Å². The molecule has 0 bridgehead atoms. The lowest BCUT2D eigenvalue weighted by atomic mass is 9.95. The zero-order valence-electron chi connectivity index (χ0n) is 12.5. The van der Waals surface area contributed by atoms with Gasteiger partial charge in [0.05, 0.1) is 5.56 Å². The largest absolute Gasteiger partial charge is 0.361 e. The summed E-state index contributed by atoms with van der Waals surface area (Å²) in [4.78, 5) is 19.3. The number of rotatable bonds is 4. The molecular formula is C18H16FN3O. The summed E-state index contributed by atoms with van der Waals surface area (Å²) in [6.07, 6.45) is 7.18. The monoisotopic (exact) mass is 309 g/mol. The molecule has 0 radical (unpaired) electrons. The predicted octanol–water partition coefficient (Wildman–Crippen LogP) is 3.16. The third-order valence-electron chi connectivity index (χ3n) is 4.58. The zero-order chi connectivity index (χ0) is 15.9. The topological polar surface area (TPSA) is 57.8 Å². The van der Waals surface area contributed by atoms with Crippen molar-refractivity contribution in [3.63, 3.8) is 0 Å². The fourth-order valence-electron chi connectivity index (χ4n) is 3.08.